The summed E-state index contributed by atoms with van der Waals surface area (Å²) in [5, 5.41) is 9.21. The van der Waals surface area contributed by atoms with Crippen molar-refractivity contribution < 1.29 is 19.5 Å². The minimum atomic E-state index is -1.06. The van der Waals surface area contributed by atoms with Crippen LogP contribution in [0, 0.1) is 0 Å². The fraction of sp³-hybridized carbons (Fsp3) is 0.429. The van der Waals surface area contributed by atoms with Gasteiger partial charge in [0, 0.05) is 12.6 Å². The zero-order valence-electron chi connectivity index (χ0n) is 7.03. The van der Waals surface area contributed by atoms with E-state index >= 15 is 0 Å². The summed E-state index contributed by atoms with van der Waals surface area (Å²) in [6.45, 7) is 4.47. The lowest BCUT2D eigenvalue weighted by Gasteiger charge is -2.12. The third-order valence-electron chi connectivity index (χ3n) is 0.945. The second-order valence-electron chi connectivity index (χ2n) is 2.34. The summed E-state index contributed by atoms with van der Waals surface area (Å²) in [5.41, 5.74) is 0.229. The first-order chi connectivity index (χ1) is 5.43. The fourth-order valence-electron chi connectivity index (χ4n) is 0.442. The van der Waals surface area contributed by atoms with Crippen molar-refractivity contribution in [3.8, 4) is 0 Å². The highest BCUT2D eigenvalue weighted by Crippen LogP contribution is 1.94. The minimum absolute atomic E-state index is 0.229. The Hall–Kier alpha value is -1.36. The molecule has 0 atom stereocenters. The molecule has 68 valence electrons. The molecule has 0 aliphatic rings. The number of carboxylic acids is 1. The molecule has 0 aliphatic heterocycles. The molecular formula is C7H11NO4. The number of carbonyl (C=O) groups excluding carboxylic acids is 1. The zero-order chi connectivity index (χ0) is 9.72. The highest BCUT2D eigenvalue weighted by atomic mass is 16.7. The summed E-state index contributed by atoms with van der Waals surface area (Å²) in [6, 6.07) is 0. The van der Waals surface area contributed by atoms with Gasteiger partial charge in [-0.25, -0.2) is 4.79 Å². The van der Waals surface area contributed by atoms with E-state index in [1.54, 1.807) is 0 Å². The Morgan fingerprint density at radius 2 is 2.08 bits per heavy atom. The van der Waals surface area contributed by atoms with Crippen LogP contribution in [-0.2, 0) is 14.4 Å². The van der Waals surface area contributed by atoms with Gasteiger partial charge in [-0.05, 0) is 6.92 Å². The lowest BCUT2D eigenvalue weighted by atomic mass is 10.4. The average molecular weight is 173 g/mol. The van der Waals surface area contributed by atoms with Gasteiger partial charge < -0.3 is 9.94 Å². The van der Waals surface area contributed by atoms with Crippen LogP contribution in [-0.4, -0.2) is 35.7 Å². The van der Waals surface area contributed by atoms with Crippen LogP contribution in [0.4, 0.5) is 0 Å². The molecule has 0 aromatic heterocycles. The highest BCUT2D eigenvalue weighted by molar-refractivity contribution is 5.86. The van der Waals surface area contributed by atoms with Crippen LogP contribution in [0.5, 0.6) is 0 Å². The predicted octanol–water partition coefficient (Wildman–Crippen LogP) is 0.0371. The third-order valence-corrected chi connectivity index (χ3v) is 0.945. The summed E-state index contributed by atoms with van der Waals surface area (Å²) >= 11 is 0. The maximum Gasteiger partial charge on any atom is 0.352 e. The Morgan fingerprint density at radius 1 is 1.58 bits per heavy atom. The number of aliphatic carboxylic acids is 1. The van der Waals surface area contributed by atoms with Crippen molar-refractivity contribution in [1.29, 1.82) is 0 Å². The van der Waals surface area contributed by atoms with Crippen LogP contribution in [0.15, 0.2) is 12.2 Å². The lowest BCUT2D eigenvalue weighted by Crippen LogP contribution is -2.28. The van der Waals surface area contributed by atoms with Gasteiger partial charge in [-0.1, -0.05) is 6.58 Å². The molecule has 0 heterocycles. The lowest BCUT2D eigenvalue weighted by molar-refractivity contribution is -0.182. The molecule has 0 aliphatic carbocycles. The Balaban J connectivity index is 3.84. The van der Waals surface area contributed by atoms with E-state index < -0.39 is 11.9 Å². The Morgan fingerprint density at radius 3 is 2.42 bits per heavy atom. The van der Waals surface area contributed by atoms with Crippen molar-refractivity contribution >= 4 is 11.9 Å². The molecule has 5 heteroatoms. The number of rotatable bonds is 4. The first-order valence-electron chi connectivity index (χ1n) is 3.24. The Labute approximate surface area is 70.2 Å². The Kier molecular flexibility index (Phi) is 3.99. The summed E-state index contributed by atoms with van der Waals surface area (Å²) < 4.78 is 0. The molecule has 0 fully saturated rings. The first kappa shape index (κ1) is 10.6. The van der Waals surface area contributed by atoms with E-state index in [0.29, 0.717) is 0 Å². The molecule has 0 saturated carbocycles. The molecule has 0 rings (SSSR count). The fourth-order valence-corrected chi connectivity index (χ4v) is 0.442. The van der Waals surface area contributed by atoms with Gasteiger partial charge in [-0.2, -0.15) is 0 Å². The van der Waals surface area contributed by atoms with Crippen molar-refractivity contribution in [2.24, 2.45) is 0 Å². The number of likely N-dealkylation sites (N-methyl/N-ethyl adjacent to an activating group) is 1. The maximum atomic E-state index is 10.8. The van der Waals surface area contributed by atoms with Gasteiger partial charge in [0.2, 0.25) is 0 Å². The standard InChI is InChI=1S/C7H11NO4/c1-5(2)7(11)12-8(3)4-6(9)10/h1,4H2,2-3H3,(H,9,10). The van der Waals surface area contributed by atoms with Gasteiger partial charge >= 0.3 is 11.9 Å². The van der Waals surface area contributed by atoms with Crippen molar-refractivity contribution in [3.63, 3.8) is 0 Å². The van der Waals surface area contributed by atoms with Crippen LogP contribution in [0.2, 0.25) is 0 Å². The number of nitrogens with zero attached hydrogens (tertiary/aromatic N) is 1. The number of carboxylic acid groups (broad SMARTS) is 1. The van der Waals surface area contributed by atoms with Gasteiger partial charge in [0.1, 0.15) is 6.54 Å². The van der Waals surface area contributed by atoms with Crippen LogP contribution >= 0.6 is 0 Å². The maximum absolute atomic E-state index is 10.8. The second kappa shape index (κ2) is 4.50. The topological polar surface area (TPSA) is 66.8 Å². The van der Waals surface area contributed by atoms with E-state index in [0.717, 1.165) is 5.06 Å². The van der Waals surface area contributed by atoms with E-state index in [4.69, 9.17) is 5.11 Å². The molecule has 0 bridgehead atoms. The van der Waals surface area contributed by atoms with E-state index in [1.165, 1.54) is 14.0 Å². The largest absolute Gasteiger partial charge is 0.480 e. The average Bonchev–Trinajstić information content (AvgIpc) is 1.84. The van der Waals surface area contributed by atoms with Crippen molar-refractivity contribution in [2.45, 2.75) is 6.92 Å². The number of hydroxylamine groups is 2. The minimum Gasteiger partial charge on any atom is -0.480 e. The Bertz CT molecular complexity index is 211. The van der Waals surface area contributed by atoms with Crippen LogP contribution < -0.4 is 0 Å². The van der Waals surface area contributed by atoms with Crippen LogP contribution in [0.25, 0.3) is 0 Å². The van der Waals surface area contributed by atoms with E-state index in [1.807, 2.05) is 0 Å². The molecule has 0 amide bonds. The molecule has 0 aromatic carbocycles. The molecule has 1 N–H and O–H groups in total. The van der Waals surface area contributed by atoms with E-state index in [2.05, 4.69) is 11.4 Å². The molecule has 5 nitrogen and oxygen atoms in total. The van der Waals surface area contributed by atoms with E-state index in [9.17, 15) is 9.59 Å². The summed E-state index contributed by atoms with van der Waals surface area (Å²) in [7, 11) is 1.36. The smallest absolute Gasteiger partial charge is 0.352 e. The van der Waals surface area contributed by atoms with E-state index in [-0.39, 0.29) is 12.1 Å². The summed E-state index contributed by atoms with van der Waals surface area (Å²) in [5.74, 6) is -1.69. The second-order valence-corrected chi connectivity index (χ2v) is 2.34. The third kappa shape index (κ3) is 4.45. The van der Waals surface area contributed by atoms with Gasteiger partial charge in [-0.15, -0.1) is 5.06 Å². The summed E-state index contributed by atoms with van der Waals surface area (Å²) in [4.78, 5) is 25.4. The molecule has 0 aromatic rings. The number of carbonyl (C=O) groups is 2. The quantitative estimate of drug-likeness (QED) is 0.480. The first-order valence-corrected chi connectivity index (χ1v) is 3.24. The van der Waals surface area contributed by atoms with Crippen molar-refractivity contribution in [3.05, 3.63) is 12.2 Å². The van der Waals surface area contributed by atoms with Crippen molar-refractivity contribution in [1.82, 2.24) is 5.06 Å². The predicted molar refractivity (Wildman–Crippen MR) is 41.2 cm³/mol. The molecular weight excluding hydrogens is 162 g/mol. The van der Waals surface area contributed by atoms with Gasteiger partial charge in [0.25, 0.3) is 0 Å². The number of hydrogen-bond donors (Lipinski definition) is 1. The zero-order valence-corrected chi connectivity index (χ0v) is 7.03. The molecule has 0 radical (unpaired) electrons. The summed E-state index contributed by atoms with van der Waals surface area (Å²) in [6.07, 6.45) is 0. The normalized spacial score (nSPS) is 9.58. The van der Waals surface area contributed by atoms with Gasteiger partial charge in [-0.3, -0.25) is 4.79 Å². The molecule has 12 heavy (non-hydrogen) atoms. The van der Waals surface area contributed by atoms with Crippen molar-refractivity contribution in [2.75, 3.05) is 13.6 Å². The molecule has 0 saturated heterocycles. The molecule has 0 spiro atoms. The number of hydrogen-bond acceptors (Lipinski definition) is 4. The molecule has 0 unspecified atom stereocenters. The highest BCUT2D eigenvalue weighted by Gasteiger charge is 2.10. The monoisotopic (exact) mass is 173 g/mol. The van der Waals surface area contributed by atoms with Gasteiger partial charge in [0.05, 0.1) is 0 Å². The van der Waals surface area contributed by atoms with Gasteiger partial charge in [0.15, 0.2) is 0 Å². The van der Waals surface area contributed by atoms with Crippen LogP contribution in [0.3, 0.4) is 0 Å². The van der Waals surface area contributed by atoms with Crippen LogP contribution in [0.1, 0.15) is 6.92 Å². The SMILES string of the molecule is C=C(C)C(=O)ON(C)CC(=O)O.